The molecular formula is C11H18O5. The molecule has 0 aromatic carbocycles. The summed E-state index contributed by atoms with van der Waals surface area (Å²) >= 11 is 0. The highest BCUT2D eigenvalue weighted by molar-refractivity contribution is 5.98. The van der Waals surface area contributed by atoms with Crippen LogP contribution in [0.2, 0.25) is 0 Å². The number of hydrogen-bond acceptors (Lipinski definition) is 3. The van der Waals surface area contributed by atoms with Crippen molar-refractivity contribution in [2.45, 2.75) is 39.2 Å². The summed E-state index contributed by atoms with van der Waals surface area (Å²) in [6, 6.07) is 0. The maximum Gasteiger partial charge on any atom is 0.321 e. The summed E-state index contributed by atoms with van der Waals surface area (Å²) in [5, 5.41) is 18.1. The minimum Gasteiger partial charge on any atom is -0.499 e. The van der Waals surface area contributed by atoms with E-state index in [1.807, 2.05) is 0 Å². The van der Waals surface area contributed by atoms with Gasteiger partial charge in [-0.3, -0.25) is 9.59 Å². The molecule has 0 aliphatic heterocycles. The van der Waals surface area contributed by atoms with Gasteiger partial charge in [-0.15, -0.1) is 0 Å². The number of carboxylic acid groups (broad SMARTS) is 2. The van der Waals surface area contributed by atoms with Gasteiger partial charge in [0.2, 0.25) is 0 Å². The molecular weight excluding hydrogens is 212 g/mol. The van der Waals surface area contributed by atoms with E-state index in [0.29, 0.717) is 6.42 Å². The van der Waals surface area contributed by atoms with Gasteiger partial charge in [0.15, 0.2) is 5.41 Å². The Morgan fingerprint density at radius 1 is 1.38 bits per heavy atom. The lowest BCUT2D eigenvalue weighted by atomic mass is 9.79. The Kier molecular flexibility index (Phi) is 5.56. The summed E-state index contributed by atoms with van der Waals surface area (Å²) < 4.78 is 5.09. The van der Waals surface area contributed by atoms with E-state index in [1.165, 1.54) is 6.26 Å². The van der Waals surface area contributed by atoms with E-state index in [-0.39, 0.29) is 12.8 Å². The Morgan fingerprint density at radius 3 is 2.12 bits per heavy atom. The summed E-state index contributed by atoms with van der Waals surface area (Å²) in [4.78, 5) is 22.2. The van der Waals surface area contributed by atoms with Crippen LogP contribution in [0, 0.1) is 5.41 Å². The van der Waals surface area contributed by atoms with Gasteiger partial charge in [-0.05, 0) is 12.8 Å². The first-order chi connectivity index (χ1) is 7.44. The van der Waals surface area contributed by atoms with Gasteiger partial charge in [-0.25, -0.2) is 0 Å². The third-order valence-electron chi connectivity index (χ3n) is 2.74. The zero-order valence-electron chi connectivity index (χ0n) is 9.60. The molecule has 92 valence electrons. The van der Waals surface area contributed by atoms with Gasteiger partial charge < -0.3 is 14.9 Å². The number of ether oxygens (including phenoxy) is 1. The maximum absolute atomic E-state index is 11.1. The second kappa shape index (κ2) is 6.15. The van der Waals surface area contributed by atoms with Crippen LogP contribution in [-0.2, 0) is 14.3 Å². The van der Waals surface area contributed by atoms with Crippen molar-refractivity contribution in [2.24, 2.45) is 5.41 Å². The predicted octanol–water partition coefficient (Wildman–Crippen LogP) is 1.88. The molecule has 5 nitrogen and oxygen atoms in total. The van der Waals surface area contributed by atoms with Crippen molar-refractivity contribution < 1.29 is 24.5 Å². The topological polar surface area (TPSA) is 83.8 Å². The quantitative estimate of drug-likeness (QED) is 0.491. The lowest BCUT2D eigenvalue weighted by Crippen LogP contribution is -2.41. The minimum atomic E-state index is -1.77. The average molecular weight is 230 g/mol. The zero-order valence-corrected chi connectivity index (χ0v) is 9.60. The number of carboxylic acids is 2. The number of aliphatic carboxylic acids is 2. The Labute approximate surface area is 94.7 Å². The fourth-order valence-electron chi connectivity index (χ4n) is 1.53. The highest BCUT2D eigenvalue weighted by atomic mass is 16.5. The minimum absolute atomic E-state index is 0.0225. The third-order valence-corrected chi connectivity index (χ3v) is 2.74. The van der Waals surface area contributed by atoms with Crippen LogP contribution in [0.1, 0.15) is 33.1 Å². The summed E-state index contributed by atoms with van der Waals surface area (Å²) in [5.74, 6) is -2.65. The fraction of sp³-hybridized carbons (Fsp3) is 0.636. The number of rotatable bonds is 8. The molecule has 0 radical (unpaired) electrons. The van der Waals surface area contributed by atoms with Crippen molar-refractivity contribution in [3.05, 3.63) is 12.8 Å². The molecule has 0 saturated carbocycles. The molecule has 0 spiro atoms. The van der Waals surface area contributed by atoms with Gasteiger partial charge >= 0.3 is 11.9 Å². The van der Waals surface area contributed by atoms with Crippen molar-refractivity contribution >= 4 is 11.9 Å². The Morgan fingerprint density at radius 2 is 1.88 bits per heavy atom. The predicted molar refractivity (Wildman–Crippen MR) is 58.0 cm³/mol. The van der Waals surface area contributed by atoms with E-state index >= 15 is 0 Å². The normalized spacial score (nSPS) is 12.9. The smallest absolute Gasteiger partial charge is 0.321 e. The van der Waals surface area contributed by atoms with Crippen LogP contribution in [0.5, 0.6) is 0 Å². The van der Waals surface area contributed by atoms with Gasteiger partial charge in [0.1, 0.15) is 0 Å². The van der Waals surface area contributed by atoms with Crippen LogP contribution in [-0.4, -0.2) is 28.3 Å². The molecule has 0 aromatic heterocycles. The van der Waals surface area contributed by atoms with Crippen molar-refractivity contribution in [1.29, 1.82) is 0 Å². The highest BCUT2D eigenvalue weighted by Crippen LogP contribution is 2.31. The fourth-order valence-corrected chi connectivity index (χ4v) is 1.53. The van der Waals surface area contributed by atoms with E-state index < -0.39 is 23.5 Å². The van der Waals surface area contributed by atoms with Crippen LogP contribution in [0.25, 0.3) is 0 Å². The van der Waals surface area contributed by atoms with Crippen LogP contribution in [0.4, 0.5) is 0 Å². The van der Waals surface area contributed by atoms with Crippen molar-refractivity contribution in [3.63, 3.8) is 0 Å². The SMILES string of the molecule is C=COC(CC)CC(CC)(C(=O)O)C(=O)O. The van der Waals surface area contributed by atoms with E-state index in [0.717, 1.165) is 0 Å². The molecule has 1 unspecified atom stereocenters. The molecule has 0 aliphatic rings. The second-order valence-corrected chi connectivity index (χ2v) is 3.58. The van der Waals surface area contributed by atoms with Gasteiger partial charge in [-0.2, -0.15) is 0 Å². The number of hydrogen-bond donors (Lipinski definition) is 2. The molecule has 0 heterocycles. The Hall–Kier alpha value is -1.52. The summed E-state index contributed by atoms with van der Waals surface area (Å²) in [7, 11) is 0. The monoisotopic (exact) mass is 230 g/mol. The summed E-state index contributed by atoms with van der Waals surface area (Å²) in [6.45, 7) is 6.73. The van der Waals surface area contributed by atoms with Crippen molar-refractivity contribution in [1.82, 2.24) is 0 Å². The first-order valence-electron chi connectivity index (χ1n) is 5.17. The van der Waals surface area contributed by atoms with E-state index in [9.17, 15) is 9.59 Å². The lowest BCUT2D eigenvalue weighted by Gasteiger charge is -2.27. The third kappa shape index (κ3) is 2.98. The van der Waals surface area contributed by atoms with Gasteiger partial charge in [0.05, 0.1) is 12.4 Å². The molecule has 0 saturated heterocycles. The summed E-state index contributed by atoms with van der Waals surface area (Å²) in [5.41, 5.74) is -1.77. The molecule has 2 N–H and O–H groups in total. The van der Waals surface area contributed by atoms with Gasteiger partial charge in [0.25, 0.3) is 0 Å². The molecule has 0 amide bonds. The van der Waals surface area contributed by atoms with Crippen LogP contribution in [0.15, 0.2) is 12.8 Å². The molecule has 1 atom stereocenters. The molecule has 0 bridgehead atoms. The summed E-state index contributed by atoms with van der Waals surface area (Å²) in [6.07, 6.45) is 1.27. The highest BCUT2D eigenvalue weighted by Gasteiger charge is 2.46. The Balaban J connectivity index is 4.97. The first kappa shape index (κ1) is 14.5. The van der Waals surface area contributed by atoms with Gasteiger partial charge in [0, 0.05) is 6.42 Å². The lowest BCUT2D eigenvalue weighted by molar-refractivity contribution is -0.167. The van der Waals surface area contributed by atoms with E-state index in [1.54, 1.807) is 13.8 Å². The van der Waals surface area contributed by atoms with Crippen molar-refractivity contribution in [3.8, 4) is 0 Å². The van der Waals surface area contributed by atoms with Crippen LogP contribution >= 0.6 is 0 Å². The average Bonchev–Trinajstić information content (AvgIpc) is 2.23. The molecule has 0 aromatic rings. The maximum atomic E-state index is 11.1. The largest absolute Gasteiger partial charge is 0.499 e. The molecule has 0 fully saturated rings. The first-order valence-corrected chi connectivity index (χ1v) is 5.17. The molecule has 16 heavy (non-hydrogen) atoms. The van der Waals surface area contributed by atoms with Gasteiger partial charge in [-0.1, -0.05) is 20.4 Å². The Bertz CT molecular complexity index is 258. The zero-order chi connectivity index (χ0) is 12.8. The van der Waals surface area contributed by atoms with E-state index in [4.69, 9.17) is 14.9 Å². The molecule has 0 rings (SSSR count). The standard InChI is InChI=1S/C11H18O5/c1-4-8(16-6-3)7-11(5-2,9(12)13)10(14)15/h6,8H,3-5,7H2,1-2H3,(H,12,13)(H,14,15). The van der Waals surface area contributed by atoms with E-state index in [2.05, 4.69) is 6.58 Å². The van der Waals surface area contributed by atoms with Crippen LogP contribution in [0.3, 0.4) is 0 Å². The number of carbonyl (C=O) groups is 2. The molecule has 5 heteroatoms. The molecule has 0 aliphatic carbocycles. The van der Waals surface area contributed by atoms with Crippen molar-refractivity contribution in [2.75, 3.05) is 0 Å². The van der Waals surface area contributed by atoms with Crippen LogP contribution < -0.4 is 0 Å². The second-order valence-electron chi connectivity index (χ2n) is 3.58.